The van der Waals surface area contributed by atoms with Gasteiger partial charge in [0.25, 0.3) is 0 Å². The Kier molecular flexibility index (Phi) is 4.54. The Morgan fingerprint density at radius 1 is 0.909 bits per heavy atom. The van der Waals surface area contributed by atoms with E-state index >= 15 is 0 Å². The third-order valence-corrected chi connectivity index (χ3v) is 4.07. The number of anilines is 2. The number of halogens is 2. The van der Waals surface area contributed by atoms with Crippen LogP contribution in [0.25, 0.3) is 0 Å². The smallest absolute Gasteiger partial charge is 0.322 e. The third kappa shape index (κ3) is 3.36. The molecule has 2 fully saturated rings. The lowest BCUT2D eigenvalue weighted by molar-refractivity contribution is 0.282. The van der Waals surface area contributed by atoms with Crippen LogP contribution in [0.1, 0.15) is 25.7 Å². The Hall–Kier alpha value is -1.73. The monoisotopic (exact) mass is 313 g/mol. The summed E-state index contributed by atoms with van der Waals surface area (Å²) < 4.78 is 32.3. The van der Waals surface area contributed by atoms with Crippen molar-refractivity contribution in [2.24, 2.45) is 0 Å². The van der Waals surface area contributed by atoms with E-state index in [0.29, 0.717) is 37.8 Å². The number of ether oxygens (including phenoxy) is 1. The Bertz CT molecular complexity index is 478. The van der Waals surface area contributed by atoms with Gasteiger partial charge in [0.1, 0.15) is 12.3 Å². The van der Waals surface area contributed by atoms with Gasteiger partial charge in [-0.15, -0.1) is 0 Å². The zero-order chi connectivity index (χ0) is 15.5. The molecule has 8 heteroatoms. The van der Waals surface area contributed by atoms with Crippen molar-refractivity contribution in [1.82, 2.24) is 15.0 Å². The number of methoxy groups -OCH3 is 1. The standard InChI is InChI=1S/C14H21F2N5O/c1-22-14-18-12(20-6-2-4-10(15)8-20)17-13(19-14)21-7-3-5-11(16)9-21/h10-11H,2-9H2,1H3. The van der Waals surface area contributed by atoms with Gasteiger partial charge >= 0.3 is 6.01 Å². The quantitative estimate of drug-likeness (QED) is 0.847. The summed E-state index contributed by atoms with van der Waals surface area (Å²) in [6.45, 7) is 1.97. The van der Waals surface area contributed by atoms with Gasteiger partial charge in [0.15, 0.2) is 0 Å². The molecular formula is C14H21F2N5O. The predicted octanol–water partition coefficient (Wildman–Crippen LogP) is 1.76. The van der Waals surface area contributed by atoms with Crippen LogP contribution in [0.15, 0.2) is 0 Å². The Morgan fingerprint density at radius 3 is 1.82 bits per heavy atom. The average Bonchev–Trinajstić information content (AvgIpc) is 2.54. The maximum absolute atomic E-state index is 13.6. The number of rotatable bonds is 3. The second-order valence-electron chi connectivity index (χ2n) is 5.79. The summed E-state index contributed by atoms with van der Waals surface area (Å²) in [6, 6.07) is 0.182. The normalized spacial score (nSPS) is 26.1. The highest BCUT2D eigenvalue weighted by Gasteiger charge is 2.26. The highest BCUT2D eigenvalue weighted by molar-refractivity contribution is 5.41. The molecule has 0 N–H and O–H groups in total. The lowest BCUT2D eigenvalue weighted by Gasteiger charge is -2.31. The van der Waals surface area contributed by atoms with Crippen molar-refractivity contribution in [3.8, 4) is 6.01 Å². The maximum atomic E-state index is 13.6. The van der Waals surface area contributed by atoms with Crippen molar-refractivity contribution >= 4 is 11.9 Å². The SMILES string of the molecule is COc1nc(N2CCCC(F)C2)nc(N2CCCC(F)C2)n1. The molecule has 6 nitrogen and oxygen atoms in total. The summed E-state index contributed by atoms with van der Waals surface area (Å²) in [5, 5.41) is 0. The van der Waals surface area contributed by atoms with E-state index in [1.54, 1.807) is 9.80 Å². The number of hydrogen-bond donors (Lipinski definition) is 0. The van der Waals surface area contributed by atoms with E-state index in [1.165, 1.54) is 7.11 Å². The minimum atomic E-state index is -0.870. The van der Waals surface area contributed by atoms with Gasteiger partial charge in [0.05, 0.1) is 20.2 Å². The third-order valence-electron chi connectivity index (χ3n) is 4.07. The van der Waals surface area contributed by atoms with Crippen molar-refractivity contribution in [2.75, 3.05) is 43.1 Å². The number of alkyl halides is 2. The highest BCUT2D eigenvalue weighted by atomic mass is 19.1. The van der Waals surface area contributed by atoms with E-state index in [0.717, 1.165) is 12.8 Å². The molecule has 2 saturated heterocycles. The van der Waals surface area contributed by atoms with E-state index < -0.39 is 12.3 Å². The number of nitrogens with zero attached hydrogens (tertiary/aromatic N) is 5. The number of hydrogen-bond acceptors (Lipinski definition) is 6. The summed E-state index contributed by atoms with van der Waals surface area (Å²) in [7, 11) is 1.48. The van der Waals surface area contributed by atoms with Gasteiger partial charge in [-0.3, -0.25) is 0 Å². The van der Waals surface area contributed by atoms with E-state index in [2.05, 4.69) is 15.0 Å². The Labute approximate surface area is 128 Å². The van der Waals surface area contributed by atoms with Gasteiger partial charge in [-0.25, -0.2) is 8.78 Å². The van der Waals surface area contributed by atoms with Crippen LogP contribution in [-0.2, 0) is 0 Å². The van der Waals surface area contributed by atoms with Crippen molar-refractivity contribution in [3.05, 3.63) is 0 Å². The molecule has 0 aliphatic carbocycles. The zero-order valence-electron chi connectivity index (χ0n) is 12.7. The topological polar surface area (TPSA) is 54.4 Å². The molecule has 0 radical (unpaired) electrons. The molecule has 0 aromatic carbocycles. The fourth-order valence-electron chi connectivity index (χ4n) is 2.92. The van der Waals surface area contributed by atoms with Crippen LogP contribution in [0.3, 0.4) is 0 Å². The first-order valence-electron chi connectivity index (χ1n) is 7.74. The van der Waals surface area contributed by atoms with Crippen LogP contribution < -0.4 is 14.5 Å². The van der Waals surface area contributed by atoms with Gasteiger partial charge < -0.3 is 14.5 Å². The molecule has 2 aliphatic rings. The summed E-state index contributed by atoms with van der Waals surface area (Å²) >= 11 is 0. The summed E-state index contributed by atoms with van der Waals surface area (Å²) in [5.74, 6) is 0.815. The second kappa shape index (κ2) is 6.58. The van der Waals surface area contributed by atoms with Gasteiger partial charge in [0.2, 0.25) is 11.9 Å². The summed E-state index contributed by atoms with van der Waals surface area (Å²) in [6.07, 6.45) is 0.930. The van der Waals surface area contributed by atoms with Crippen molar-refractivity contribution < 1.29 is 13.5 Å². The second-order valence-corrected chi connectivity index (χ2v) is 5.79. The predicted molar refractivity (Wildman–Crippen MR) is 79.1 cm³/mol. The van der Waals surface area contributed by atoms with Crippen LogP contribution in [0.5, 0.6) is 6.01 Å². The first kappa shape index (κ1) is 15.2. The fourth-order valence-corrected chi connectivity index (χ4v) is 2.92. The number of piperidine rings is 2. The minimum absolute atomic E-state index is 0.182. The first-order valence-corrected chi connectivity index (χ1v) is 7.74. The summed E-state index contributed by atoms with van der Waals surface area (Å²) in [5.41, 5.74) is 0. The molecule has 3 heterocycles. The molecular weight excluding hydrogens is 292 g/mol. The minimum Gasteiger partial charge on any atom is -0.467 e. The van der Waals surface area contributed by atoms with E-state index in [9.17, 15) is 8.78 Å². The fraction of sp³-hybridized carbons (Fsp3) is 0.786. The van der Waals surface area contributed by atoms with Crippen LogP contribution in [0.4, 0.5) is 20.7 Å². The molecule has 2 unspecified atom stereocenters. The van der Waals surface area contributed by atoms with Crippen LogP contribution in [-0.4, -0.2) is 60.6 Å². The zero-order valence-corrected chi connectivity index (χ0v) is 12.7. The molecule has 0 saturated carbocycles. The lowest BCUT2D eigenvalue weighted by Crippen LogP contribution is -2.40. The van der Waals surface area contributed by atoms with Crippen molar-refractivity contribution in [2.45, 2.75) is 38.0 Å². The molecule has 0 bridgehead atoms. The molecule has 2 atom stereocenters. The van der Waals surface area contributed by atoms with E-state index in [4.69, 9.17) is 4.74 Å². The van der Waals surface area contributed by atoms with Gasteiger partial charge in [-0.1, -0.05) is 0 Å². The molecule has 0 amide bonds. The molecule has 122 valence electrons. The Morgan fingerprint density at radius 2 is 1.41 bits per heavy atom. The Balaban J connectivity index is 1.85. The van der Waals surface area contributed by atoms with Crippen molar-refractivity contribution in [3.63, 3.8) is 0 Å². The summed E-state index contributed by atoms with van der Waals surface area (Å²) in [4.78, 5) is 16.5. The van der Waals surface area contributed by atoms with Crippen LogP contribution >= 0.6 is 0 Å². The lowest BCUT2D eigenvalue weighted by atomic mass is 10.1. The van der Waals surface area contributed by atoms with Gasteiger partial charge in [-0.05, 0) is 25.7 Å². The molecule has 2 aliphatic heterocycles. The average molecular weight is 313 g/mol. The largest absolute Gasteiger partial charge is 0.467 e. The maximum Gasteiger partial charge on any atom is 0.322 e. The van der Waals surface area contributed by atoms with Gasteiger partial charge in [0, 0.05) is 13.1 Å². The van der Waals surface area contributed by atoms with Crippen LogP contribution in [0, 0.1) is 0 Å². The molecule has 0 spiro atoms. The molecule has 22 heavy (non-hydrogen) atoms. The van der Waals surface area contributed by atoms with E-state index in [-0.39, 0.29) is 19.1 Å². The van der Waals surface area contributed by atoms with Crippen LogP contribution in [0.2, 0.25) is 0 Å². The highest BCUT2D eigenvalue weighted by Crippen LogP contribution is 2.24. The molecule has 1 aromatic rings. The van der Waals surface area contributed by atoms with E-state index in [1.807, 2.05) is 0 Å². The molecule has 3 rings (SSSR count). The van der Waals surface area contributed by atoms with Gasteiger partial charge in [-0.2, -0.15) is 15.0 Å². The van der Waals surface area contributed by atoms with Crippen molar-refractivity contribution in [1.29, 1.82) is 0 Å². The molecule has 1 aromatic heterocycles. The first-order chi connectivity index (χ1) is 10.7. The number of aromatic nitrogens is 3.